The second-order valence-electron chi connectivity index (χ2n) is 5.10. The number of hydrogen-bond acceptors (Lipinski definition) is 2. The van der Waals surface area contributed by atoms with Crippen molar-refractivity contribution in [2.24, 2.45) is 5.41 Å². The van der Waals surface area contributed by atoms with Crippen molar-refractivity contribution in [3.63, 3.8) is 0 Å². The van der Waals surface area contributed by atoms with Crippen LogP contribution in [0.4, 0.5) is 0 Å². The zero-order valence-electron chi connectivity index (χ0n) is 10.4. The van der Waals surface area contributed by atoms with Crippen molar-refractivity contribution >= 4 is 5.78 Å². The fourth-order valence-electron chi connectivity index (χ4n) is 1.73. The van der Waals surface area contributed by atoms with Crippen LogP contribution in [0.3, 0.4) is 0 Å². The number of ketones is 1. The summed E-state index contributed by atoms with van der Waals surface area (Å²) in [6.07, 6.45) is 1.62. The lowest BCUT2D eigenvalue weighted by molar-refractivity contribution is 0.0859. The molecule has 1 heterocycles. The zero-order valence-corrected chi connectivity index (χ0v) is 10.4. The fourth-order valence-corrected chi connectivity index (χ4v) is 1.73. The van der Waals surface area contributed by atoms with E-state index in [9.17, 15) is 4.79 Å². The van der Waals surface area contributed by atoms with Crippen LogP contribution in [0, 0.1) is 5.41 Å². The maximum absolute atomic E-state index is 12.3. The Morgan fingerprint density at radius 1 is 1.06 bits per heavy atom. The summed E-state index contributed by atoms with van der Waals surface area (Å²) in [7, 11) is 0. The molecule has 0 saturated heterocycles. The van der Waals surface area contributed by atoms with Crippen LogP contribution in [-0.4, -0.2) is 5.78 Å². The zero-order chi connectivity index (χ0) is 12.5. The number of carbonyl (C=O) groups excluding carboxylic acids is 1. The molecule has 0 radical (unpaired) electrons. The van der Waals surface area contributed by atoms with E-state index < -0.39 is 0 Å². The molecular weight excluding hydrogens is 212 g/mol. The summed E-state index contributed by atoms with van der Waals surface area (Å²) in [4.78, 5) is 12.3. The first-order chi connectivity index (χ1) is 8.00. The van der Waals surface area contributed by atoms with Gasteiger partial charge in [0.1, 0.15) is 5.76 Å². The molecule has 17 heavy (non-hydrogen) atoms. The average molecular weight is 228 g/mol. The third-order valence-electron chi connectivity index (χ3n) is 2.64. The Morgan fingerprint density at radius 3 is 2.35 bits per heavy atom. The number of Topliss-reactive ketones (excluding diaryl/α,β-unsaturated/α-hetero) is 1. The Bertz CT molecular complexity index is 516. The summed E-state index contributed by atoms with van der Waals surface area (Å²) in [5.74, 6) is 0.864. The van der Waals surface area contributed by atoms with Gasteiger partial charge in [-0.1, -0.05) is 45.0 Å². The highest BCUT2D eigenvalue weighted by Crippen LogP contribution is 2.29. The molecular formula is C15H16O2. The van der Waals surface area contributed by atoms with Gasteiger partial charge in [-0.05, 0) is 12.1 Å². The SMILES string of the molecule is CC(C)(C)C(=O)c1ccccc1-c1ccco1. The molecule has 0 spiro atoms. The summed E-state index contributed by atoms with van der Waals surface area (Å²) >= 11 is 0. The Labute approximate surface area is 101 Å². The van der Waals surface area contributed by atoms with Crippen LogP contribution in [0.2, 0.25) is 0 Å². The van der Waals surface area contributed by atoms with Crippen LogP contribution < -0.4 is 0 Å². The molecule has 2 rings (SSSR count). The van der Waals surface area contributed by atoms with Crippen molar-refractivity contribution in [3.8, 4) is 11.3 Å². The first-order valence-electron chi connectivity index (χ1n) is 5.68. The van der Waals surface area contributed by atoms with Crippen molar-refractivity contribution in [3.05, 3.63) is 48.2 Å². The second-order valence-corrected chi connectivity index (χ2v) is 5.10. The van der Waals surface area contributed by atoms with E-state index in [1.807, 2.05) is 57.2 Å². The van der Waals surface area contributed by atoms with E-state index in [-0.39, 0.29) is 11.2 Å². The van der Waals surface area contributed by atoms with Crippen molar-refractivity contribution < 1.29 is 9.21 Å². The van der Waals surface area contributed by atoms with Crippen LogP contribution in [0.5, 0.6) is 0 Å². The molecule has 2 aromatic rings. The molecule has 0 saturated carbocycles. The third-order valence-corrected chi connectivity index (χ3v) is 2.64. The van der Waals surface area contributed by atoms with Gasteiger partial charge in [-0.25, -0.2) is 0 Å². The van der Waals surface area contributed by atoms with Gasteiger partial charge >= 0.3 is 0 Å². The van der Waals surface area contributed by atoms with Gasteiger partial charge in [0, 0.05) is 16.5 Å². The van der Waals surface area contributed by atoms with Gasteiger partial charge in [-0.2, -0.15) is 0 Å². The maximum Gasteiger partial charge on any atom is 0.168 e. The number of furan rings is 1. The van der Waals surface area contributed by atoms with E-state index >= 15 is 0 Å². The molecule has 1 aromatic carbocycles. The van der Waals surface area contributed by atoms with Crippen molar-refractivity contribution in [2.45, 2.75) is 20.8 Å². The predicted octanol–water partition coefficient (Wildman–Crippen LogP) is 4.18. The van der Waals surface area contributed by atoms with E-state index in [0.29, 0.717) is 0 Å². The molecule has 1 aromatic heterocycles. The second kappa shape index (κ2) is 4.21. The molecule has 2 nitrogen and oxygen atoms in total. The summed E-state index contributed by atoms with van der Waals surface area (Å²) in [6.45, 7) is 5.77. The highest BCUT2D eigenvalue weighted by Gasteiger charge is 2.25. The fraction of sp³-hybridized carbons (Fsp3) is 0.267. The minimum atomic E-state index is -0.386. The molecule has 0 amide bonds. The van der Waals surface area contributed by atoms with Crippen LogP contribution >= 0.6 is 0 Å². The molecule has 88 valence electrons. The number of carbonyl (C=O) groups is 1. The van der Waals surface area contributed by atoms with Crippen LogP contribution in [0.25, 0.3) is 11.3 Å². The minimum absolute atomic E-state index is 0.129. The minimum Gasteiger partial charge on any atom is -0.464 e. The van der Waals surface area contributed by atoms with E-state index in [2.05, 4.69) is 0 Å². The van der Waals surface area contributed by atoms with Gasteiger partial charge in [0.15, 0.2) is 5.78 Å². The monoisotopic (exact) mass is 228 g/mol. The van der Waals surface area contributed by atoms with Gasteiger partial charge in [0.2, 0.25) is 0 Å². The number of hydrogen-bond donors (Lipinski definition) is 0. The molecule has 0 fully saturated rings. The van der Waals surface area contributed by atoms with Crippen LogP contribution in [0.15, 0.2) is 47.1 Å². The first-order valence-corrected chi connectivity index (χ1v) is 5.68. The normalized spacial score (nSPS) is 11.5. The summed E-state index contributed by atoms with van der Waals surface area (Å²) in [5.41, 5.74) is 1.19. The van der Waals surface area contributed by atoms with Crippen LogP contribution in [0.1, 0.15) is 31.1 Å². The van der Waals surface area contributed by atoms with Gasteiger partial charge in [-0.3, -0.25) is 4.79 Å². The molecule has 0 bridgehead atoms. The van der Waals surface area contributed by atoms with Crippen molar-refractivity contribution in [1.29, 1.82) is 0 Å². The molecule has 0 aliphatic carbocycles. The average Bonchev–Trinajstić information content (AvgIpc) is 2.80. The smallest absolute Gasteiger partial charge is 0.168 e. The molecule has 0 aliphatic heterocycles. The summed E-state index contributed by atoms with van der Waals surface area (Å²) in [5, 5.41) is 0. The molecule has 0 N–H and O–H groups in total. The van der Waals surface area contributed by atoms with Crippen molar-refractivity contribution in [2.75, 3.05) is 0 Å². The summed E-state index contributed by atoms with van der Waals surface area (Å²) in [6, 6.07) is 11.3. The highest BCUT2D eigenvalue weighted by atomic mass is 16.3. The quantitative estimate of drug-likeness (QED) is 0.722. The Morgan fingerprint density at radius 2 is 1.76 bits per heavy atom. The number of rotatable bonds is 2. The van der Waals surface area contributed by atoms with Crippen molar-refractivity contribution in [1.82, 2.24) is 0 Å². The standard InChI is InChI=1S/C15H16O2/c1-15(2,3)14(16)12-8-5-4-7-11(12)13-9-6-10-17-13/h4-10H,1-3H3. The molecule has 0 aliphatic rings. The van der Waals surface area contributed by atoms with Crippen LogP contribution in [-0.2, 0) is 0 Å². The topological polar surface area (TPSA) is 30.2 Å². The lowest BCUT2D eigenvalue weighted by Crippen LogP contribution is -2.20. The van der Waals surface area contributed by atoms with E-state index in [1.165, 1.54) is 0 Å². The van der Waals surface area contributed by atoms with E-state index in [1.54, 1.807) is 6.26 Å². The first kappa shape index (κ1) is 11.6. The lowest BCUT2D eigenvalue weighted by Gasteiger charge is -2.18. The molecule has 0 unspecified atom stereocenters. The number of benzene rings is 1. The van der Waals surface area contributed by atoms with Gasteiger partial charge < -0.3 is 4.42 Å². The highest BCUT2D eigenvalue weighted by molar-refractivity contribution is 6.04. The van der Waals surface area contributed by atoms with E-state index in [0.717, 1.165) is 16.9 Å². The Hall–Kier alpha value is -1.83. The van der Waals surface area contributed by atoms with Gasteiger partial charge in [0.05, 0.1) is 6.26 Å². The maximum atomic E-state index is 12.3. The third kappa shape index (κ3) is 2.31. The predicted molar refractivity (Wildman–Crippen MR) is 67.9 cm³/mol. The van der Waals surface area contributed by atoms with Gasteiger partial charge in [-0.15, -0.1) is 0 Å². The molecule has 2 heteroatoms. The lowest BCUT2D eigenvalue weighted by atomic mass is 9.84. The Kier molecular flexibility index (Phi) is 2.88. The molecule has 0 atom stereocenters. The van der Waals surface area contributed by atoms with E-state index in [4.69, 9.17) is 4.42 Å². The largest absolute Gasteiger partial charge is 0.464 e. The summed E-state index contributed by atoms with van der Waals surface area (Å²) < 4.78 is 5.37. The van der Waals surface area contributed by atoms with Gasteiger partial charge in [0.25, 0.3) is 0 Å². The Balaban J connectivity index is 2.53.